The Kier molecular flexibility index (Phi) is 8.01. The number of carboxylic acids is 1. The molecule has 0 heterocycles. The van der Waals surface area contributed by atoms with Crippen LogP contribution in [-0.4, -0.2) is 11.1 Å². The van der Waals surface area contributed by atoms with Crippen molar-refractivity contribution in [2.75, 3.05) is 0 Å². The van der Waals surface area contributed by atoms with Crippen LogP contribution in [0.3, 0.4) is 0 Å². The summed E-state index contributed by atoms with van der Waals surface area (Å²) in [6, 6.07) is 8.21. The number of unbranched alkanes of at least 4 members (excludes halogenated alkanes) is 5. The first-order chi connectivity index (χ1) is 9.63. The van der Waals surface area contributed by atoms with Crippen LogP contribution in [0.4, 0.5) is 0 Å². The van der Waals surface area contributed by atoms with Crippen molar-refractivity contribution in [2.24, 2.45) is 5.92 Å². The molecule has 0 saturated heterocycles. The summed E-state index contributed by atoms with van der Waals surface area (Å²) in [4.78, 5) is 11.3. The summed E-state index contributed by atoms with van der Waals surface area (Å²) in [6.45, 7) is 4.26. The molecule has 1 rings (SSSR count). The predicted octanol–water partition coefficient (Wildman–Crippen LogP) is 4.99. The molecule has 0 radical (unpaired) electrons. The van der Waals surface area contributed by atoms with E-state index in [0.717, 1.165) is 24.8 Å². The van der Waals surface area contributed by atoms with Crippen molar-refractivity contribution in [3.63, 3.8) is 0 Å². The number of benzene rings is 1. The minimum atomic E-state index is -0.654. The quantitative estimate of drug-likeness (QED) is 0.611. The molecule has 0 aliphatic heterocycles. The Labute approximate surface area is 123 Å². The second-order valence-electron chi connectivity index (χ2n) is 5.78. The third-order valence-electron chi connectivity index (χ3n) is 3.86. The molecule has 0 aliphatic carbocycles. The first kappa shape index (κ1) is 16.7. The van der Waals surface area contributed by atoms with Gasteiger partial charge in [0.05, 0.1) is 5.92 Å². The van der Waals surface area contributed by atoms with E-state index in [1.54, 1.807) is 0 Å². The molecule has 0 spiro atoms. The van der Waals surface area contributed by atoms with Gasteiger partial charge in [0.15, 0.2) is 0 Å². The maximum Gasteiger partial charge on any atom is 0.306 e. The summed E-state index contributed by atoms with van der Waals surface area (Å²) >= 11 is 0. The van der Waals surface area contributed by atoms with E-state index in [2.05, 4.69) is 26.0 Å². The zero-order valence-corrected chi connectivity index (χ0v) is 12.9. The zero-order chi connectivity index (χ0) is 14.8. The van der Waals surface area contributed by atoms with E-state index in [4.69, 9.17) is 0 Å². The highest BCUT2D eigenvalue weighted by Crippen LogP contribution is 2.18. The van der Waals surface area contributed by atoms with Crippen LogP contribution in [0.25, 0.3) is 0 Å². The third kappa shape index (κ3) is 6.74. The monoisotopic (exact) mass is 276 g/mol. The molecule has 112 valence electrons. The molecule has 0 amide bonds. The molecule has 0 bridgehead atoms. The lowest BCUT2D eigenvalue weighted by Gasteiger charge is -2.12. The summed E-state index contributed by atoms with van der Waals surface area (Å²) in [6.07, 6.45) is 8.73. The highest BCUT2D eigenvalue weighted by atomic mass is 16.4. The lowest BCUT2D eigenvalue weighted by atomic mass is 9.93. The molecule has 2 nitrogen and oxygen atoms in total. The number of aryl methyl sites for hydroxylation is 1. The van der Waals surface area contributed by atoms with Crippen LogP contribution in [0.2, 0.25) is 0 Å². The lowest BCUT2D eigenvalue weighted by molar-refractivity contribution is -0.142. The fourth-order valence-corrected chi connectivity index (χ4v) is 2.49. The number of rotatable bonds is 10. The van der Waals surface area contributed by atoms with E-state index in [0.29, 0.717) is 6.42 Å². The van der Waals surface area contributed by atoms with Gasteiger partial charge in [0.2, 0.25) is 0 Å². The van der Waals surface area contributed by atoms with Crippen molar-refractivity contribution in [3.8, 4) is 0 Å². The Morgan fingerprint density at radius 1 is 1.05 bits per heavy atom. The van der Waals surface area contributed by atoms with Crippen LogP contribution in [-0.2, 0) is 11.2 Å². The van der Waals surface area contributed by atoms with Gasteiger partial charge in [0.1, 0.15) is 0 Å². The minimum absolute atomic E-state index is 0.233. The summed E-state index contributed by atoms with van der Waals surface area (Å²) in [5.41, 5.74) is 2.35. The van der Waals surface area contributed by atoms with Crippen LogP contribution in [0.1, 0.15) is 63.0 Å². The number of aliphatic carboxylic acids is 1. The molecule has 1 unspecified atom stereocenters. The molecule has 0 saturated carbocycles. The van der Waals surface area contributed by atoms with Gasteiger partial charge in [0, 0.05) is 0 Å². The third-order valence-corrected chi connectivity index (χ3v) is 3.86. The van der Waals surface area contributed by atoms with Gasteiger partial charge >= 0.3 is 5.97 Å². The Balaban J connectivity index is 2.33. The Hall–Kier alpha value is -1.31. The SMILES string of the molecule is CCCCCCCCC(Cc1ccc(C)cc1)C(=O)O. The van der Waals surface area contributed by atoms with Gasteiger partial charge in [-0.15, -0.1) is 0 Å². The average Bonchev–Trinajstić information content (AvgIpc) is 2.43. The second-order valence-corrected chi connectivity index (χ2v) is 5.78. The molecule has 20 heavy (non-hydrogen) atoms. The topological polar surface area (TPSA) is 37.3 Å². The fourth-order valence-electron chi connectivity index (χ4n) is 2.49. The first-order valence-corrected chi connectivity index (χ1v) is 7.91. The van der Waals surface area contributed by atoms with Crippen LogP contribution in [0, 0.1) is 12.8 Å². The zero-order valence-electron chi connectivity index (χ0n) is 12.9. The highest BCUT2D eigenvalue weighted by molar-refractivity contribution is 5.70. The van der Waals surface area contributed by atoms with Gasteiger partial charge < -0.3 is 5.11 Å². The molecular formula is C18H28O2. The summed E-state index contributed by atoms with van der Waals surface area (Å²) in [7, 11) is 0. The van der Waals surface area contributed by atoms with Gasteiger partial charge in [-0.05, 0) is 25.3 Å². The smallest absolute Gasteiger partial charge is 0.306 e. The molecule has 1 aromatic rings. The maximum absolute atomic E-state index is 11.3. The summed E-state index contributed by atoms with van der Waals surface area (Å²) in [5, 5.41) is 9.33. The van der Waals surface area contributed by atoms with Gasteiger partial charge in [0.25, 0.3) is 0 Å². The summed E-state index contributed by atoms with van der Waals surface area (Å²) in [5.74, 6) is -0.886. The molecule has 1 N–H and O–H groups in total. The number of carbonyl (C=O) groups is 1. The van der Waals surface area contributed by atoms with Crippen molar-refractivity contribution >= 4 is 5.97 Å². The summed E-state index contributed by atoms with van der Waals surface area (Å²) < 4.78 is 0. The van der Waals surface area contributed by atoms with Gasteiger partial charge in [-0.2, -0.15) is 0 Å². The fraction of sp³-hybridized carbons (Fsp3) is 0.611. The minimum Gasteiger partial charge on any atom is -0.481 e. The second kappa shape index (κ2) is 9.57. The molecule has 1 aromatic carbocycles. The number of hydrogen-bond donors (Lipinski definition) is 1. The van der Waals surface area contributed by atoms with Gasteiger partial charge in [-0.3, -0.25) is 4.79 Å². The highest BCUT2D eigenvalue weighted by Gasteiger charge is 2.17. The van der Waals surface area contributed by atoms with Crippen molar-refractivity contribution in [2.45, 2.75) is 65.2 Å². The normalized spacial score (nSPS) is 12.3. The molecule has 2 heteroatoms. The van der Waals surface area contributed by atoms with Crippen molar-refractivity contribution in [3.05, 3.63) is 35.4 Å². The Morgan fingerprint density at radius 2 is 1.65 bits per heavy atom. The van der Waals surface area contributed by atoms with Crippen LogP contribution >= 0.6 is 0 Å². The van der Waals surface area contributed by atoms with E-state index in [1.807, 2.05) is 12.1 Å². The van der Waals surface area contributed by atoms with Crippen LogP contribution in [0.15, 0.2) is 24.3 Å². The lowest BCUT2D eigenvalue weighted by Crippen LogP contribution is -2.16. The largest absolute Gasteiger partial charge is 0.481 e. The molecule has 1 atom stereocenters. The Bertz CT molecular complexity index is 381. The molecule has 0 aliphatic rings. The van der Waals surface area contributed by atoms with Gasteiger partial charge in [-0.25, -0.2) is 0 Å². The maximum atomic E-state index is 11.3. The molecule has 0 fully saturated rings. The van der Waals surface area contributed by atoms with Crippen molar-refractivity contribution in [1.82, 2.24) is 0 Å². The van der Waals surface area contributed by atoms with E-state index in [1.165, 1.54) is 31.2 Å². The number of hydrogen-bond acceptors (Lipinski definition) is 1. The van der Waals surface area contributed by atoms with E-state index in [-0.39, 0.29) is 5.92 Å². The van der Waals surface area contributed by atoms with Crippen LogP contribution < -0.4 is 0 Å². The van der Waals surface area contributed by atoms with Crippen molar-refractivity contribution < 1.29 is 9.90 Å². The van der Waals surface area contributed by atoms with E-state index in [9.17, 15) is 9.90 Å². The molecule has 0 aromatic heterocycles. The number of carboxylic acid groups (broad SMARTS) is 1. The van der Waals surface area contributed by atoms with E-state index >= 15 is 0 Å². The molecular weight excluding hydrogens is 248 g/mol. The van der Waals surface area contributed by atoms with Crippen LogP contribution in [0.5, 0.6) is 0 Å². The predicted molar refractivity (Wildman–Crippen MR) is 84.0 cm³/mol. The Morgan fingerprint density at radius 3 is 2.25 bits per heavy atom. The van der Waals surface area contributed by atoms with Gasteiger partial charge in [-0.1, -0.05) is 75.3 Å². The standard InChI is InChI=1S/C18H28O2/c1-3-4-5-6-7-8-9-17(18(19)20)14-16-12-10-15(2)11-13-16/h10-13,17H,3-9,14H2,1-2H3,(H,19,20). The first-order valence-electron chi connectivity index (χ1n) is 7.91. The average molecular weight is 276 g/mol. The van der Waals surface area contributed by atoms with Crippen molar-refractivity contribution in [1.29, 1.82) is 0 Å². The van der Waals surface area contributed by atoms with E-state index < -0.39 is 5.97 Å².